The van der Waals surface area contributed by atoms with Crippen LogP contribution in [0.2, 0.25) is 5.02 Å². The third-order valence-corrected chi connectivity index (χ3v) is 5.53. The maximum absolute atomic E-state index is 12.1. The number of carbonyl (C=O) groups excluding carboxylic acids is 1. The molecule has 7 heteroatoms. The summed E-state index contributed by atoms with van der Waals surface area (Å²) in [5.74, 6) is 0.139. The molecule has 118 valence electrons. The largest absolute Gasteiger partial charge is 0.482 e. The predicted molar refractivity (Wildman–Crippen MR) is 94.3 cm³/mol. The van der Waals surface area contributed by atoms with Crippen molar-refractivity contribution in [2.24, 2.45) is 0 Å². The molecule has 0 bridgehead atoms. The fourth-order valence-electron chi connectivity index (χ4n) is 2.51. The van der Waals surface area contributed by atoms with Crippen molar-refractivity contribution in [3.8, 4) is 11.8 Å². The number of ether oxygens (including phenoxy) is 1. The van der Waals surface area contributed by atoms with Crippen LogP contribution in [0.15, 0.2) is 22.7 Å². The molecule has 0 radical (unpaired) electrons. The van der Waals surface area contributed by atoms with Gasteiger partial charge in [0.1, 0.15) is 16.8 Å². The lowest BCUT2D eigenvalue weighted by atomic mass is 10.1. The van der Waals surface area contributed by atoms with E-state index in [1.807, 2.05) is 0 Å². The number of thiophene rings is 1. The van der Waals surface area contributed by atoms with Gasteiger partial charge in [-0.2, -0.15) is 5.26 Å². The minimum atomic E-state index is -0.305. The van der Waals surface area contributed by atoms with E-state index >= 15 is 0 Å². The van der Waals surface area contributed by atoms with E-state index in [0.29, 0.717) is 21.3 Å². The Labute approximate surface area is 151 Å². The van der Waals surface area contributed by atoms with Crippen molar-refractivity contribution in [2.45, 2.75) is 19.3 Å². The molecule has 3 rings (SSSR count). The summed E-state index contributed by atoms with van der Waals surface area (Å²) in [6.45, 7) is -0.158. The van der Waals surface area contributed by atoms with E-state index in [2.05, 4.69) is 27.3 Å². The second kappa shape index (κ2) is 6.91. The normalized spacial score (nSPS) is 12.6. The van der Waals surface area contributed by atoms with Gasteiger partial charge in [0.2, 0.25) is 0 Å². The molecule has 0 aliphatic heterocycles. The molecule has 0 unspecified atom stereocenters. The molecule has 1 N–H and O–H groups in total. The molecule has 23 heavy (non-hydrogen) atoms. The zero-order valence-corrected chi connectivity index (χ0v) is 15.1. The minimum absolute atomic E-state index is 0.158. The van der Waals surface area contributed by atoms with Gasteiger partial charge in [-0.15, -0.1) is 11.3 Å². The molecule has 1 aliphatic carbocycles. The molecule has 1 heterocycles. The van der Waals surface area contributed by atoms with Crippen molar-refractivity contribution in [3.05, 3.63) is 43.7 Å². The summed E-state index contributed by atoms with van der Waals surface area (Å²) >= 11 is 10.8. The Balaban J connectivity index is 1.65. The first-order valence-electron chi connectivity index (χ1n) is 7.01. The quantitative estimate of drug-likeness (QED) is 0.803. The highest BCUT2D eigenvalue weighted by Crippen LogP contribution is 2.38. The fraction of sp³-hybridized carbons (Fsp3) is 0.250. The van der Waals surface area contributed by atoms with Crippen molar-refractivity contribution in [3.63, 3.8) is 0 Å². The number of hydrogen-bond acceptors (Lipinski definition) is 4. The highest BCUT2D eigenvalue weighted by Gasteiger charge is 2.23. The molecule has 1 aliphatic rings. The van der Waals surface area contributed by atoms with E-state index in [-0.39, 0.29) is 12.5 Å². The molecular weight excluding hydrogens is 400 g/mol. The smallest absolute Gasteiger partial charge is 0.262 e. The Bertz CT molecular complexity index is 813. The average molecular weight is 412 g/mol. The maximum Gasteiger partial charge on any atom is 0.262 e. The van der Waals surface area contributed by atoms with E-state index in [9.17, 15) is 10.1 Å². The molecule has 1 aromatic carbocycles. The molecular formula is C16H12BrClN2O2S. The number of carbonyl (C=O) groups is 1. The number of nitriles is 1. The highest BCUT2D eigenvalue weighted by atomic mass is 79.9. The molecule has 0 atom stereocenters. The van der Waals surface area contributed by atoms with Crippen LogP contribution in [-0.2, 0) is 17.6 Å². The predicted octanol–water partition coefficient (Wildman–Crippen LogP) is 4.54. The van der Waals surface area contributed by atoms with Gasteiger partial charge in [0.05, 0.1) is 10.6 Å². The van der Waals surface area contributed by atoms with Gasteiger partial charge in [-0.25, -0.2) is 0 Å². The van der Waals surface area contributed by atoms with Gasteiger partial charge >= 0.3 is 0 Å². The van der Waals surface area contributed by atoms with E-state index in [4.69, 9.17) is 16.3 Å². The second-order valence-electron chi connectivity index (χ2n) is 5.08. The van der Waals surface area contributed by atoms with Crippen LogP contribution in [-0.4, -0.2) is 12.5 Å². The van der Waals surface area contributed by atoms with Gasteiger partial charge in [0, 0.05) is 9.35 Å². The lowest BCUT2D eigenvalue weighted by molar-refractivity contribution is -0.118. The summed E-state index contributed by atoms with van der Waals surface area (Å²) in [5.41, 5.74) is 1.68. The minimum Gasteiger partial charge on any atom is -0.482 e. The van der Waals surface area contributed by atoms with Gasteiger partial charge in [0.25, 0.3) is 5.91 Å². The number of anilines is 1. The van der Waals surface area contributed by atoms with Gasteiger partial charge < -0.3 is 10.1 Å². The molecule has 0 fully saturated rings. The number of amides is 1. The molecule has 4 nitrogen and oxygen atoms in total. The van der Waals surface area contributed by atoms with Gasteiger partial charge in [-0.3, -0.25) is 4.79 Å². The zero-order chi connectivity index (χ0) is 16.4. The first-order valence-corrected chi connectivity index (χ1v) is 8.99. The van der Waals surface area contributed by atoms with Crippen LogP contribution >= 0.6 is 38.9 Å². The SMILES string of the molecule is N#Cc1c(NC(=O)COc2ccc(Br)cc2Cl)sc2c1CCC2. The Morgan fingerprint density at radius 3 is 3.04 bits per heavy atom. The standard InChI is InChI=1S/C16H12BrClN2O2S/c17-9-4-5-13(12(18)6-9)22-8-15(21)20-16-11(7-19)10-2-1-3-14(10)23-16/h4-6H,1-3,8H2,(H,20,21). The Hall–Kier alpha value is -1.55. The third kappa shape index (κ3) is 3.52. The van der Waals surface area contributed by atoms with E-state index in [0.717, 1.165) is 29.3 Å². The average Bonchev–Trinajstić information content (AvgIpc) is 3.06. The number of aryl methyl sites for hydroxylation is 1. The van der Waals surface area contributed by atoms with Crippen molar-refractivity contribution < 1.29 is 9.53 Å². The summed E-state index contributed by atoms with van der Waals surface area (Å²) in [6.07, 6.45) is 2.97. The summed E-state index contributed by atoms with van der Waals surface area (Å²) < 4.78 is 6.27. The van der Waals surface area contributed by atoms with E-state index in [1.165, 1.54) is 16.2 Å². The second-order valence-corrected chi connectivity index (χ2v) is 7.51. The topological polar surface area (TPSA) is 62.1 Å². The number of hydrogen-bond donors (Lipinski definition) is 1. The number of nitrogens with zero attached hydrogens (tertiary/aromatic N) is 1. The third-order valence-electron chi connectivity index (χ3n) is 3.54. The fourth-order valence-corrected chi connectivity index (χ4v) is 4.49. The first kappa shape index (κ1) is 16.3. The van der Waals surface area contributed by atoms with Crippen molar-refractivity contribution >= 4 is 49.8 Å². The van der Waals surface area contributed by atoms with Crippen LogP contribution in [0, 0.1) is 11.3 Å². The summed E-state index contributed by atoms with van der Waals surface area (Å²) in [6, 6.07) is 7.38. The molecule has 0 saturated heterocycles. The van der Waals surface area contributed by atoms with E-state index < -0.39 is 0 Å². The number of benzene rings is 1. The van der Waals surface area contributed by atoms with Crippen molar-refractivity contribution in [2.75, 3.05) is 11.9 Å². The van der Waals surface area contributed by atoms with Crippen LogP contribution < -0.4 is 10.1 Å². The molecule has 0 spiro atoms. The molecule has 2 aromatic rings. The van der Waals surface area contributed by atoms with E-state index in [1.54, 1.807) is 18.2 Å². The lowest BCUT2D eigenvalue weighted by Crippen LogP contribution is -2.20. The Morgan fingerprint density at radius 2 is 2.30 bits per heavy atom. The molecule has 1 aromatic heterocycles. The summed E-state index contributed by atoms with van der Waals surface area (Å²) in [5, 5.41) is 13.1. The van der Waals surface area contributed by atoms with Crippen LogP contribution in [0.4, 0.5) is 5.00 Å². The Kier molecular flexibility index (Phi) is 4.90. The van der Waals surface area contributed by atoms with Crippen LogP contribution in [0.3, 0.4) is 0 Å². The highest BCUT2D eigenvalue weighted by molar-refractivity contribution is 9.10. The number of fused-ring (bicyclic) bond motifs is 1. The molecule has 0 saturated carbocycles. The van der Waals surface area contributed by atoms with Gasteiger partial charge in [0.15, 0.2) is 6.61 Å². The monoisotopic (exact) mass is 410 g/mol. The Morgan fingerprint density at radius 1 is 1.48 bits per heavy atom. The first-order chi connectivity index (χ1) is 11.1. The van der Waals surface area contributed by atoms with Gasteiger partial charge in [-0.1, -0.05) is 27.5 Å². The molecule has 1 amide bonds. The zero-order valence-electron chi connectivity index (χ0n) is 12.0. The number of nitrogens with one attached hydrogen (secondary N) is 1. The van der Waals surface area contributed by atoms with Crippen LogP contribution in [0.5, 0.6) is 5.75 Å². The maximum atomic E-state index is 12.1. The summed E-state index contributed by atoms with van der Waals surface area (Å²) in [7, 11) is 0. The van der Waals surface area contributed by atoms with Crippen LogP contribution in [0.25, 0.3) is 0 Å². The lowest BCUT2D eigenvalue weighted by Gasteiger charge is -2.08. The number of halogens is 2. The van der Waals surface area contributed by atoms with Crippen molar-refractivity contribution in [1.82, 2.24) is 0 Å². The van der Waals surface area contributed by atoms with Crippen molar-refractivity contribution in [1.29, 1.82) is 5.26 Å². The van der Waals surface area contributed by atoms with Gasteiger partial charge in [-0.05, 0) is 43.0 Å². The van der Waals surface area contributed by atoms with Crippen LogP contribution in [0.1, 0.15) is 22.4 Å². The summed E-state index contributed by atoms with van der Waals surface area (Å²) in [4.78, 5) is 13.3. The number of rotatable bonds is 4.